The molecule has 0 N–H and O–H groups in total. The van der Waals surface area contributed by atoms with Crippen molar-refractivity contribution < 1.29 is 38.1 Å². The summed E-state index contributed by atoms with van der Waals surface area (Å²) in [6.07, 6.45) is -1.11. The molecule has 1 saturated heterocycles. The van der Waals surface area contributed by atoms with Gasteiger partial charge in [0.1, 0.15) is 12.5 Å². The zero-order valence-electron chi connectivity index (χ0n) is 19.3. The molecule has 34 heavy (non-hydrogen) atoms. The Morgan fingerprint density at radius 1 is 1.03 bits per heavy atom. The number of methoxy groups -OCH3 is 2. The Hall–Kier alpha value is -3.88. The molecule has 2 heterocycles. The van der Waals surface area contributed by atoms with Crippen LogP contribution in [0.15, 0.2) is 42.5 Å². The molecule has 1 fully saturated rings. The van der Waals surface area contributed by atoms with E-state index in [1.165, 1.54) is 14.2 Å². The molecule has 9 nitrogen and oxygen atoms in total. The Kier molecular flexibility index (Phi) is 6.03. The molecule has 4 rings (SSSR count). The van der Waals surface area contributed by atoms with Crippen LogP contribution in [-0.4, -0.2) is 62.1 Å². The summed E-state index contributed by atoms with van der Waals surface area (Å²) in [5, 5.41) is 0. The Balaban J connectivity index is 1.69. The van der Waals surface area contributed by atoms with Gasteiger partial charge >= 0.3 is 11.9 Å². The van der Waals surface area contributed by atoms with Crippen molar-refractivity contribution in [3.05, 3.63) is 59.2 Å². The van der Waals surface area contributed by atoms with Crippen LogP contribution in [-0.2, 0) is 19.1 Å². The Morgan fingerprint density at radius 2 is 1.65 bits per heavy atom. The second-order valence-corrected chi connectivity index (χ2v) is 8.85. The lowest BCUT2D eigenvalue weighted by molar-refractivity contribution is -0.164. The number of carbonyl (C=O) groups is 4. The molecular formula is C25H25NO8. The van der Waals surface area contributed by atoms with Crippen LogP contribution in [0.4, 0.5) is 0 Å². The van der Waals surface area contributed by atoms with Gasteiger partial charge in [0.15, 0.2) is 11.5 Å². The number of cyclic esters (lactones) is 1. The molecular weight excluding hydrogens is 442 g/mol. The van der Waals surface area contributed by atoms with Gasteiger partial charge in [-0.15, -0.1) is 0 Å². The Labute approximate surface area is 196 Å². The third-order valence-corrected chi connectivity index (χ3v) is 6.08. The maximum absolute atomic E-state index is 13.4. The first-order valence-electron chi connectivity index (χ1n) is 10.7. The SMILES string of the molecule is COc1ccc([C@@H](CN2C(=O)c3ccccc3C2=O)C(=O)O[C@H]2C(=O)OCC2(C)C)cc1OC. The van der Waals surface area contributed by atoms with E-state index < -0.39 is 41.2 Å². The van der Waals surface area contributed by atoms with Gasteiger partial charge in [0, 0.05) is 12.0 Å². The van der Waals surface area contributed by atoms with Crippen molar-refractivity contribution in [3.63, 3.8) is 0 Å². The van der Waals surface area contributed by atoms with E-state index in [4.69, 9.17) is 18.9 Å². The predicted octanol–water partition coefficient (Wildman–Crippen LogP) is 2.58. The van der Waals surface area contributed by atoms with Gasteiger partial charge in [-0.05, 0) is 29.8 Å². The summed E-state index contributed by atoms with van der Waals surface area (Å²) in [7, 11) is 2.94. The van der Waals surface area contributed by atoms with Crippen molar-refractivity contribution in [2.24, 2.45) is 5.41 Å². The second kappa shape index (κ2) is 8.81. The predicted molar refractivity (Wildman–Crippen MR) is 119 cm³/mol. The molecule has 0 saturated carbocycles. The van der Waals surface area contributed by atoms with Crippen molar-refractivity contribution in [1.29, 1.82) is 0 Å². The molecule has 2 amide bonds. The molecule has 0 radical (unpaired) electrons. The van der Waals surface area contributed by atoms with Crippen LogP contribution in [0.5, 0.6) is 11.5 Å². The lowest BCUT2D eigenvalue weighted by Crippen LogP contribution is -2.40. The van der Waals surface area contributed by atoms with Crippen molar-refractivity contribution >= 4 is 23.8 Å². The Bertz CT molecular complexity index is 1140. The summed E-state index contributed by atoms with van der Waals surface area (Å²) < 4.78 is 21.3. The van der Waals surface area contributed by atoms with E-state index in [0.29, 0.717) is 17.1 Å². The lowest BCUT2D eigenvalue weighted by atomic mass is 9.89. The van der Waals surface area contributed by atoms with Gasteiger partial charge in [-0.2, -0.15) is 0 Å². The fraction of sp³-hybridized carbons (Fsp3) is 0.360. The highest BCUT2D eigenvalue weighted by molar-refractivity contribution is 6.21. The molecule has 0 aromatic heterocycles. The molecule has 178 valence electrons. The van der Waals surface area contributed by atoms with E-state index in [9.17, 15) is 19.2 Å². The fourth-order valence-corrected chi connectivity index (χ4v) is 4.11. The maximum atomic E-state index is 13.4. The minimum atomic E-state index is -1.11. The average Bonchev–Trinajstić information content (AvgIpc) is 3.23. The summed E-state index contributed by atoms with van der Waals surface area (Å²) in [6, 6.07) is 11.3. The van der Waals surface area contributed by atoms with Gasteiger partial charge < -0.3 is 18.9 Å². The number of ether oxygens (including phenoxy) is 4. The van der Waals surface area contributed by atoms with Crippen molar-refractivity contribution in [2.45, 2.75) is 25.9 Å². The number of esters is 2. The summed E-state index contributed by atoms with van der Waals surface area (Å²) in [5.74, 6) is -2.67. The first kappa shape index (κ1) is 23.3. The summed E-state index contributed by atoms with van der Waals surface area (Å²) in [6.45, 7) is 3.35. The number of benzene rings is 2. The van der Waals surface area contributed by atoms with Crippen LogP contribution >= 0.6 is 0 Å². The zero-order valence-corrected chi connectivity index (χ0v) is 19.3. The number of imide groups is 1. The highest BCUT2D eigenvalue weighted by Gasteiger charge is 2.48. The molecule has 2 atom stereocenters. The van der Waals surface area contributed by atoms with Crippen molar-refractivity contribution in [1.82, 2.24) is 4.90 Å². The largest absolute Gasteiger partial charge is 0.493 e. The number of hydrogen-bond donors (Lipinski definition) is 0. The molecule has 0 bridgehead atoms. The van der Waals surface area contributed by atoms with Gasteiger partial charge in [-0.25, -0.2) is 4.79 Å². The number of carbonyl (C=O) groups excluding carboxylic acids is 4. The first-order chi connectivity index (χ1) is 16.2. The molecule has 2 aliphatic heterocycles. The van der Waals surface area contributed by atoms with E-state index in [0.717, 1.165) is 4.90 Å². The van der Waals surface area contributed by atoms with Crippen LogP contribution in [0.3, 0.4) is 0 Å². The van der Waals surface area contributed by atoms with E-state index in [1.807, 2.05) is 0 Å². The quantitative estimate of drug-likeness (QED) is 0.452. The smallest absolute Gasteiger partial charge is 0.348 e. The van der Waals surface area contributed by atoms with Crippen LogP contribution in [0.25, 0.3) is 0 Å². The highest BCUT2D eigenvalue weighted by Crippen LogP contribution is 2.36. The molecule has 2 aromatic rings. The zero-order chi connectivity index (χ0) is 24.6. The number of rotatable bonds is 7. The highest BCUT2D eigenvalue weighted by atomic mass is 16.6. The molecule has 0 aliphatic carbocycles. The maximum Gasteiger partial charge on any atom is 0.348 e. The first-order valence-corrected chi connectivity index (χ1v) is 10.7. The monoisotopic (exact) mass is 467 g/mol. The van der Waals surface area contributed by atoms with Gasteiger partial charge in [0.2, 0.25) is 6.10 Å². The number of hydrogen-bond acceptors (Lipinski definition) is 8. The third-order valence-electron chi connectivity index (χ3n) is 6.08. The van der Waals surface area contributed by atoms with E-state index in [2.05, 4.69) is 0 Å². The average molecular weight is 467 g/mol. The second-order valence-electron chi connectivity index (χ2n) is 8.85. The van der Waals surface area contributed by atoms with Gasteiger partial charge in [0.25, 0.3) is 11.8 Å². The Morgan fingerprint density at radius 3 is 2.18 bits per heavy atom. The van der Waals surface area contributed by atoms with Crippen LogP contribution < -0.4 is 9.47 Å². The summed E-state index contributed by atoms with van der Waals surface area (Å²) >= 11 is 0. The minimum absolute atomic E-state index is 0.114. The van der Waals surface area contributed by atoms with Crippen LogP contribution in [0.1, 0.15) is 46.0 Å². The van der Waals surface area contributed by atoms with Gasteiger partial charge in [-0.1, -0.05) is 32.0 Å². The van der Waals surface area contributed by atoms with Crippen molar-refractivity contribution in [3.8, 4) is 11.5 Å². The summed E-state index contributed by atoms with van der Waals surface area (Å²) in [5.41, 5.74) is 0.257. The van der Waals surface area contributed by atoms with Crippen LogP contribution in [0, 0.1) is 5.41 Å². The number of fused-ring (bicyclic) bond motifs is 1. The molecule has 2 aromatic carbocycles. The molecule has 0 spiro atoms. The lowest BCUT2D eigenvalue weighted by Gasteiger charge is -2.26. The third kappa shape index (κ3) is 3.98. The topological polar surface area (TPSA) is 108 Å². The van der Waals surface area contributed by atoms with Crippen LogP contribution in [0.2, 0.25) is 0 Å². The van der Waals surface area contributed by atoms with E-state index in [-0.39, 0.29) is 24.3 Å². The molecule has 0 unspecified atom stereocenters. The minimum Gasteiger partial charge on any atom is -0.493 e. The molecule has 9 heteroatoms. The van der Waals surface area contributed by atoms with E-state index >= 15 is 0 Å². The van der Waals surface area contributed by atoms with Gasteiger partial charge in [0.05, 0.1) is 25.3 Å². The normalized spacial score (nSPS) is 19.5. The van der Waals surface area contributed by atoms with Crippen molar-refractivity contribution in [2.75, 3.05) is 27.4 Å². The number of amides is 2. The fourth-order valence-electron chi connectivity index (χ4n) is 4.11. The number of nitrogens with zero attached hydrogens (tertiary/aromatic N) is 1. The standard InChI is InChI=1S/C25H25NO8/c1-25(2)13-33-24(30)20(25)34-23(29)17(14-9-10-18(31-3)19(11-14)32-4)12-26-21(27)15-7-5-6-8-16(15)22(26)28/h5-11,17,20H,12-13H2,1-4H3/t17-,20+/m1/s1. The van der Waals surface area contributed by atoms with Gasteiger partial charge in [-0.3, -0.25) is 19.3 Å². The summed E-state index contributed by atoms with van der Waals surface area (Å²) in [4.78, 5) is 52.5. The molecule has 2 aliphatic rings. The van der Waals surface area contributed by atoms with E-state index in [1.54, 1.807) is 56.3 Å².